The quantitative estimate of drug-likeness (QED) is 0.599. The summed E-state index contributed by atoms with van der Waals surface area (Å²) < 4.78 is 5.45. The van der Waals surface area contributed by atoms with Crippen LogP contribution < -0.4 is 15.5 Å². The molecule has 32 heavy (non-hydrogen) atoms. The van der Waals surface area contributed by atoms with Gasteiger partial charge in [0.1, 0.15) is 18.1 Å². The fraction of sp³-hybridized carbons (Fsp3) is 0.240. The van der Waals surface area contributed by atoms with Gasteiger partial charge in [-0.1, -0.05) is 6.07 Å². The van der Waals surface area contributed by atoms with Gasteiger partial charge < -0.3 is 25.1 Å². The van der Waals surface area contributed by atoms with Crippen LogP contribution in [0, 0.1) is 6.92 Å². The number of ether oxygens (including phenoxy) is 1. The molecule has 0 bridgehead atoms. The van der Waals surface area contributed by atoms with Crippen molar-refractivity contribution in [2.45, 2.75) is 13.0 Å². The van der Waals surface area contributed by atoms with Crippen LogP contribution in [-0.4, -0.2) is 42.6 Å². The number of aldehydes is 1. The highest BCUT2D eigenvalue weighted by atomic mass is 16.5. The van der Waals surface area contributed by atoms with Gasteiger partial charge in [-0.3, -0.25) is 4.98 Å². The van der Waals surface area contributed by atoms with Crippen LogP contribution in [0.1, 0.15) is 22.7 Å². The van der Waals surface area contributed by atoms with E-state index in [-0.39, 0.29) is 0 Å². The van der Waals surface area contributed by atoms with Crippen LogP contribution in [0.25, 0.3) is 17.5 Å². The number of aryl methyl sites for hydroxylation is 1. The van der Waals surface area contributed by atoms with E-state index in [9.17, 15) is 4.79 Å². The minimum Gasteiger partial charge on any atom is -0.378 e. The Morgan fingerprint density at radius 3 is 2.75 bits per heavy atom. The van der Waals surface area contributed by atoms with E-state index in [2.05, 4.69) is 32.7 Å². The van der Waals surface area contributed by atoms with E-state index in [0.717, 1.165) is 66.4 Å². The zero-order chi connectivity index (χ0) is 21.9. The van der Waals surface area contributed by atoms with Crippen LogP contribution in [0.15, 0.2) is 54.9 Å². The van der Waals surface area contributed by atoms with Crippen molar-refractivity contribution in [1.82, 2.24) is 15.3 Å². The zero-order valence-corrected chi connectivity index (χ0v) is 17.9. The first-order valence-electron chi connectivity index (χ1n) is 10.8. The summed E-state index contributed by atoms with van der Waals surface area (Å²) in [5.41, 5.74) is 6.50. The van der Waals surface area contributed by atoms with Gasteiger partial charge in [0.05, 0.1) is 24.6 Å². The second-order valence-electron chi connectivity index (χ2n) is 7.91. The predicted molar refractivity (Wildman–Crippen MR) is 126 cm³/mol. The standard InChI is InChI=1S/C25H25N5O2/c1-17-3-2-9-27-24(17)21-15-18-8-10-26-22(16-31)23(18)25(29-21)28-19-4-6-20(7-5-19)30-11-13-32-14-12-30/h2-10,15-16,22,26H,11-14H2,1H3,(H,28,29). The van der Waals surface area contributed by atoms with Gasteiger partial charge in [0, 0.05) is 36.2 Å². The lowest BCUT2D eigenvalue weighted by Crippen LogP contribution is -2.36. The van der Waals surface area contributed by atoms with Gasteiger partial charge in [-0.2, -0.15) is 0 Å². The summed E-state index contributed by atoms with van der Waals surface area (Å²) in [6.07, 6.45) is 6.44. The molecule has 1 saturated heterocycles. The maximum atomic E-state index is 11.8. The number of hydrogen-bond donors (Lipinski definition) is 2. The lowest BCUT2D eigenvalue weighted by atomic mass is 9.97. The number of anilines is 3. The molecule has 7 heteroatoms. The third-order valence-corrected chi connectivity index (χ3v) is 5.83. The highest BCUT2D eigenvalue weighted by molar-refractivity contribution is 5.80. The van der Waals surface area contributed by atoms with Crippen molar-refractivity contribution >= 4 is 29.6 Å². The van der Waals surface area contributed by atoms with Crippen LogP contribution in [0.3, 0.4) is 0 Å². The highest BCUT2D eigenvalue weighted by Crippen LogP contribution is 2.34. The van der Waals surface area contributed by atoms with Crippen molar-refractivity contribution in [3.05, 3.63) is 71.6 Å². The van der Waals surface area contributed by atoms with Crippen LogP contribution in [0.2, 0.25) is 0 Å². The molecule has 1 fully saturated rings. The Hall–Kier alpha value is -3.71. The van der Waals surface area contributed by atoms with E-state index in [1.54, 1.807) is 12.4 Å². The lowest BCUT2D eigenvalue weighted by Gasteiger charge is -2.29. The number of morpholine rings is 1. The van der Waals surface area contributed by atoms with Crippen molar-refractivity contribution in [2.24, 2.45) is 0 Å². The fourth-order valence-electron chi connectivity index (χ4n) is 4.16. The number of aromatic nitrogens is 2. The molecule has 1 atom stereocenters. The molecule has 5 rings (SSSR count). The molecule has 2 aliphatic heterocycles. The molecule has 0 amide bonds. The summed E-state index contributed by atoms with van der Waals surface area (Å²) in [6.45, 7) is 5.32. The lowest BCUT2D eigenvalue weighted by molar-refractivity contribution is -0.109. The van der Waals surface area contributed by atoms with Crippen LogP contribution in [0.5, 0.6) is 0 Å². The Bertz CT molecular complexity index is 1150. The molecule has 0 saturated carbocycles. The van der Waals surface area contributed by atoms with Crippen molar-refractivity contribution in [1.29, 1.82) is 0 Å². The van der Waals surface area contributed by atoms with Crippen molar-refractivity contribution in [3.63, 3.8) is 0 Å². The van der Waals surface area contributed by atoms with Gasteiger partial charge >= 0.3 is 0 Å². The van der Waals surface area contributed by atoms with Gasteiger partial charge in [0.15, 0.2) is 0 Å². The molecule has 1 aromatic carbocycles. The predicted octanol–water partition coefficient (Wildman–Crippen LogP) is 3.85. The summed E-state index contributed by atoms with van der Waals surface area (Å²) in [5.74, 6) is 0.649. The van der Waals surface area contributed by atoms with Gasteiger partial charge in [-0.15, -0.1) is 0 Å². The molecule has 2 aromatic heterocycles. The number of rotatable bonds is 5. The Morgan fingerprint density at radius 2 is 2.00 bits per heavy atom. The average molecular weight is 428 g/mol. The molecule has 162 valence electrons. The smallest absolute Gasteiger partial charge is 0.146 e. The first kappa shape index (κ1) is 20.2. The Kier molecular flexibility index (Phi) is 5.56. The van der Waals surface area contributed by atoms with Crippen LogP contribution >= 0.6 is 0 Å². The topological polar surface area (TPSA) is 79.4 Å². The molecular weight excluding hydrogens is 402 g/mol. The van der Waals surface area contributed by atoms with Gasteiger partial charge in [-0.05, 0) is 66.7 Å². The number of carbonyl (C=O) groups is 1. The van der Waals surface area contributed by atoms with Gasteiger partial charge in [0.25, 0.3) is 0 Å². The molecule has 3 aromatic rings. The third-order valence-electron chi connectivity index (χ3n) is 5.83. The molecule has 0 aliphatic carbocycles. The zero-order valence-electron chi connectivity index (χ0n) is 17.9. The van der Waals surface area contributed by atoms with Gasteiger partial charge in [0.2, 0.25) is 0 Å². The number of nitrogens with one attached hydrogen (secondary N) is 2. The summed E-state index contributed by atoms with van der Waals surface area (Å²) in [7, 11) is 0. The second kappa shape index (κ2) is 8.80. The molecule has 1 unspecified atom stereocenters. The Balaban J connectivity index is 1.52. The number of pyridine rings is 2. The minimum absolute atomic E-state index is 0.462. The van der Waals surface area contributed by atoms with Crippen molar-refractivity contribution < 1.29 is 9.53 Å². The van der Waals surface area contributed by atoms with E-state index >= 15 is 0 Å². The number of carbonyl (C=O) groups excluding carboxylic acids is 1. The maximum Gasteiger partial charge on any atom is 0.146 e. The first-order valence-corrected chi connectivity index (χ1v) is 10.8. The third kappa shape index (κ3) is 3.94. The summed E-state index contributed by atoms with van der Waals surface area (Å²) >= 11 is 0. The molecule has 0 spiro atoms. The fourth-order valence-corrected chi connectivity index (χ4v) is 4.16. The molecule has 4 heterocycles. The first-order chi connectivity index (χ1) is 15.7. The molecular formula is C25H25N5O2. The van der Waals surface area contributed by atoms with E-state index < -0.39 is 6.04 Å². The van der Waals surface area contributed by atoms with Crippen LogP contribution in [-0.2, 0) is 9.53 Å². The van der Waals surface area contributed by atoms with E-state index in [0.29, 0.717) is 5.82 Å². The number of benzene rings is 1. The number of fused-ring (bicyclic) bond motifs is 1. The highest BCUT2D eigenvalue weighted by Gasteiger charge is 2.23. The number of nitrogens with zero attached hydrogens (tertiary/aromatic N) is 3. The summed E-state index contributed by atoms with van der Waals surface area (Å²) in [4.78, 5) is 23.5. The Morgan fingerprint density at radius 1 is 1.19 bits per heavy atom. The molecule has 7 nitrogen and oxygen atoms in total. The second-order valence-corrected chi connectivity index (χ2v) is 7.91. The molecule has 2 aliphatic rings. The minimum atomic E-state index is -0.462. The normalized spacial score (nSPS) is 17.4. The number of hydrogen-bond acceptors (Lipinski definition) is 7. The Labute approximate surface area is 187 Å². The van der Waals surface area contributed by atoms with E-state index in [1.807, 2.05) is 43.3 Å². The molecule has 0 radical (unpaired) electrons. The van der Waals surface area contributed by atoms with Crippen molar-refractivity contribution in [2.75, 3.05) is 36.5 Å². The van der Waals surface area contributed by atoms with E-state index in [1.165, 1.54) is 5.69 Å². The largest absolute Gasteiger partial charge is 0.378 e. The maximum absolute atomic E-state index is 11.8. The molecule has 2 N–H and O–H groups in total. The average Bonchev–Trinajstić information content (AvgIpc) is 2.85. The van der Waals surface area contributed by atoms with Gasteiger partial charge in [-0.25, -0.2) is 4.98 Å². The van der Waals surface area contributed by atoms with Crippen LogP contribution in [0.4, 0.5) is 17.2 Å². The summed E-state index contributed by atoms with van der Waals surface area (Å²) in [6, 6.07) is 13.7. The summed E-state index contributed by atoms with van der Waals surface area (Å²) in [5, 5.41) is 6.55. The van der Waals surface area contributed by atoms with E-state index in [4.69, 9.17) is 9.72 Å². The monoisotopic (exact) mass is 427 g/mol. The van der Waals surface area contributed by atoms with Crippen molar-refractivity contribution in [3.8, 4) is 11.4 Å². The SMILES string of the molecule is Cc1cccnc1-c1cc2c(c(Nc3ccc(N4CCOCC4)cc3)n1)C(C=O)NC=C2.